The Balaban J connectivity index is 2.22. The van der Waals surface area contributed by atoms with Gasteiger partial charge in [0.1, 0.15) is 0 Å². The third-order valence-electron chi connectivity index (χ3n) is 2.44. The molecule has 0 aliphatic carbocycles. The fourth-order valence-electron chi connectivity index (χ4n) is 1.54. The predicted molar refractivity (Wildman–Crippen MR) is 65.2 cm³/mol. The van der Waals surface area contributed by atoms with Crippen LogP contribution in [-0.2, 0) is 10.0 Å². The molecule has 0 unspecified atom stereocenters. The minimum Gasteiger partial charge on any atom is -0.394 e. The lowest BCUT2D eigenvalue weighted by Gasteiger charge is -2.15. The molecule has 0 aliphatic heterocycles. The van der Waals surface area contributed by atoms with Crippen LogP contribution in [0.3, 0.4) is 0 Å². The highest BCUT2D eigenvalue weighted by atomic mass is 32.2. The van der Waals surface area contributed by atoms with Crippen molar-refractivity contribution in [2.24, 2.45) is 0 Å². The highest BCUT2D eigenvalue weighted by Crippen LogP contribution is 2.15. The molecule has 0 bridgehead atoms. The van der Waals surface area contributed by atoms with Crippen molar-refractivity contribution in [3.05, 3.63) is 48.4 Å². The molecule has 1 heterocycles. The smallest absolute Gasteiger partial charge is 0.258 e. The summed E-state index contributed by atoms with van der Waals surface area (Å²) >= 11 is 0. The van der Waals surface area contributed by atoms with E-state index in [0.717, 1.165) is 0 Å². The van der Waals surface area contributed by atoms with Gasteiger partial charge in [0.15, 0.2) is 5.03 Å². The summed E-state index contributed by atoms with van der Waals surface area (Å²) in [7, 11) is -3.70. The van der Waals surface area contributed by atoms with Gasteiger partial charge in [-0.1, -0.05) is 30.3 Å². The van der Waals surface area contributed by atoms with Crippen molar-refractivity contribution in [3.63, 3.8) is 0 Å². The Morgan fingerprint density at radius 3 is 2.61 bits per heavy atom. The van der Waals surface area contributed by atoms with Gasteiger partial charge in [-0.15, -0.1) is 0 Å². The first-order valence-corrected chi connectivity index (χ1v) is 6.78. The zero-order chi connectivity index (χ0) is 13.0. The molecule has 1 atom stereocenters. The summed E-state index contributed by atoms with van der Waals surface area (Å²) in [4.78, 5) is 6.17. The van der Waals surface area contributed by atoms with Crippen molar-refractivity contribution in [2.75, 3.05) is 6.61 Å². The van der Waals surface area contributed by atoms with Crippen LogP contribution in [0.25, 0.3) is 0 Å². The van der Waals surface area contributed by atoms with Crippen LogP contribution in [0.15, 0.2) is 47.9 Å². The van der Waals surface area contributed by atoms with Crippen LogP contribution in [-0.4, -0.2) is 30.1 Å². The highest BCUT2D eigenvalue weighted by molar-refractivity contribution is 7.89. The van der Waals surface area contributed by atoms with E-state index in [0.29, 0.717) is 5.56 Å². The van der Waals surface area contributed by atoms with Crippen LogP contribution >= 0.6 is 0 Å². The Morgan fingerprint density at radius 2 is 2.06 bits per heavy atom. The number of imidazole rings is 1. The average Bonchev–Trinajstić information content (AvgIpc) is 2.92. The van der Waals surface area contributed by atoms with E-state index < -0.39 is 16.1 Å². The molecule has 0 saturated carbocycles. The van der Waals surface area contributed by atoms with E-state index in [1.807, 2.05) is 6.07 Å². The van der Waals surface area contributed by atoms with E-state index in [1.54, 1.807) is 24.3 Å². The van der Waals surface area contributed by atoms with Crippen LogP contribution in [0.1, 0.15) is 11.6 Å². The van der Waals surface area contributed by atoms with Crippen LogP contribution in [0.5, 0.6) is 0 Å². The molecule has 2 rings (SSSR count). The number of H-pyrrole nitrogens is 1. The van der Waals surface area contributed by atoms with Gasteiger partial charge in [-0.25, -0.2) is 18.1 Å². The molecule has 2 aromatic rings. The fourth-order valence-corrected chi connectivity index (χ4v) is 2.66. The lowest BCUT2D eigenvalue weighted by atomic mass is 10.1. The third kappa shape index (κ3) is 2.76. The van der Waals surface area contributed by atoms with E-state index >= 15 is 0 Å². The Morgan fingerprint density at radius 1 is 1.33 bits per heavy atom. The summed E-state index contributed by atoms with van der Waals surface area (Å²) in [5.74, 6) is 0. The van der Waals surface area contributed by atoms with Crippen molar-refractivity contribution in [1.82, 2.24) is 14.7 Å². The third-order valence-corrected chi connectivity index (χ3v) is 3.84. The van der Waals surface area contributed by atoms with E-state index in [-0.39, 0.29) is 11.6 Å². The normalized spacial score (nSPS) is 13.4. The maximum atomic E-state index is 11.9. The van der Waals surface area contributed by atoms with Crippen molar-refractivity contribution >= 4 is 10.0 Å². The number of rotatable bonds is 5. The number of benzene rings is 1. The molecule has 0 radical (unpaired) electrons. The van der Waals surface area contributed by atoms with Gasteiger partial charge in [0, 0.05) is 0 Å². The van der Waals surface area contributed by atoms with Crippen LogP contribution in [0.4, 0.5) is 0 Å². The van der Waals surface area contributed by atoms with Gasteiger partial charge in [-0.3, -0.25) is 0 Å². The van der Waals surface area contributed by atoms with Crippen LogP contribution < -0.4 is 4.72 Å². The number of nitrogens with one attached hydrogen (secondary N) is 2. The van der Waals surface area contributed by atoms with Crippen LogP contribution in [0.2, 0.25) is 0 Å². The standard InChI is InChI=1S/C11H13N3O3S/c15-7-10(9-4-2-1-3-5-9)14-18(16,17)11-6-12-8-13-11/h1-6,8,10,14-15H,7H2,(H,12,13)/t10-/m1/s1. The molecule has 0 saturated heterocycles. The summed E-state index contributed by atoms with van der Waals surface area (Å²) in [6, 6.07) is 8.19. The van der Waals surface area contributed by atoms with Crippen LogP contribution in [0, 0.1) is 0 Å². The SMILES string of the molecule is O=S(=O)(N[C@H](CO)c1ccccc1)c1cnc[nH]1. The summed E-state index contributed by atoms with van der Waals surface area (Å²) in [6.45, 7) is -0.322. The second kappa shape index (κ2) is 5.30. The Bertz CT molecular complexity index is 581. The Hall–Kier alpha value is -1.70. The maximum Gasteiger partial charge on any atom is 0.258 e. The largest absolute Gasteiger partial charge is 0.394 e. The lowest BCUT2D eigenvalue weighted by Crippen LogP contribution is -2.31. The van der Waals surface area contributed by atoms with Gasteiger partial charge < -0.3 is 10.1 Å². The molecule has 0 spiro atoms. The Kier molecular flexibility index (Phi) is 3.75. The predicted octanol–water partition coefficient (Wildman–Crippen LogP) is 0.422. The molecule has 0 fully saturated rings. The first kappa shape index (κ1) is 12.7. The van der Waals surface area contributed by atoms with E-state index in [9.17, 15) is 13.5 Å². The van der Waals surface area contributed by atoms with Crippen molar-refractivity contribution in [3.8, 4) is 0 Å². The quantitative estimate of drug-likeness (QED) is 0.731. The molecule has 18 heavy (non-hydrogen) atoms. The van der Waals surface area contributed by atoms with Crippen molar-refractivity contribution < 1.29 is 13.5 Å². The summed E-state index contributed by atoms with van der Waals surface area (Å²) in [5, 5.41) is 9.26. The number of aliphatic hydroxyl groups is 1. The monoisotopic (exact) mass is 267 g/mol. The Labute approximate surface area is 105 Å². The maximum absolute atomic E-state index is 11.9. The van der Waals surface area contributed by atoms with Crippen molar-refractivity contribution in [1.29, 1.82) is 0 Å². The minimum atomic E-state index is -3.70. The lowest BCUT2D eigenvalue weighted by molar-refractivity contribution is 0.259. The minimum absolute atomic E-state index is 0.0307. The first-order chi connectivity index (χ1) is 8.63. The molecule has 1 aromatic carbocycles. The van der Waals surface area contributed by atoms with E-state index in [4.69, 9.17) is 0 Å². The average molecular weight is 267 g/mol. The first-order valence-electron chi connectivity index (χ1n) is 5.30. The zero-order valence-corrected chi connectivity index (χ0v) is 10.3. The zero-order valence-electron chi connectivity index (χ0n) is 9.45. The molecular formula is C11H13N3O3S. The summed E-state index contributed by atoms with van der Waals surface area (Å²) in [5.41, 5.74) is 0.697. The number of nitrogens with zero attached hydrogens (tertiary/aromatic N) is 1. The van der Waals surface area contributed by atoms with Gasteiger partial charge in [-0.05, 0) is 5.56 Å². The molecule has 6 nitrogen and oxygen atoms in total. The second-order valence-corrected chi connectivity index (χ2v) is 5.37. The topological polar surface area (TPSA) is 95.1 Å². The number of sulfonamides is 1. The summed E-state index contributed by atoms with van der Waals surface area (Å²) < 4.78 is 26.3. The number of aliphatic hydroxyl groups excluding tert-OH is 1. The number of hydrogen-bond donors (Lipinski definition) is 3. The molecule has 0 amide bonds. The molecule has 1 aromatic heterocycles. The van der Waals surface area contributed by atoms with Gasteiger partial charge in [0.2, 0.25) is 0 Å². The van der Waals surface area contributed by atoms with Gasteiger partial charge >= 0.3 is 0 Å². The van der Waals surface area contributed by atoms with Gasteiger partial charge in [-0.2, -0.15) is 0 Å². The highest BCUT2D eigenvalue weighted by Gasteiger charge is 2.21. The van der Waals surface area contributed by atoms with Gasteiger partial charge in [0.05, 0.1) is 25.2 Å². The molecule has 3 N–H and O–H groups in total. The molecule has 96 valence electrons. The molecule has 0 aliphatic rings. The van der Waals surface area contributed by atoms with Crippen molar-refractivity contribution in [2.45, 2.75) is 11.1 Å². The van der Waals surface area contributed by atoms with Gasteiger partial charge in [0.25, 0.3) is 10.0 Å². The number of hydrogen-bond acceptors (Lipinski definition) is 4. The number of aromatic amines is 1. The second-order valence-electron chi connectivity index (χ2n) is 3.68. The fraction of sp³-hybridized carbons (Fsp3) is 0.182. The molecule has 7 heteroatoms. The van der Waals surface area contributed by atoms with E-state index in [1.165, 1.54) is 12.5 Å². The van der Waals surface area contributed by atoms with E-state index in [2.05, 4.69) is 14.7 Å². The summed E-state index contributed by atoms with van der Waals surface area (Å²) in [6.07, 6.45) is 2.49. The number of aromatic nitrogens is 2. The molecular weight excluding hydrogens is 254 g/mol.